The Bertz CT molecular complexity index is 998. The molecule has 0 spiro atoms. The first-order valence-corrected chi connectivity index (χ1v) is 9.41. The first kappa shape index (κ1) is 18.2. The maximum Gasteiger partial charge on any atom is 0.262 e. The van der Waals surface area contributed by atoms with Crippen LogP contribution >= 0.6 is 11.8 Å². The van der Waals surface area contributed by atoms with Crippen molar-refractivity contribution in [1.82, 2.24) is 9.55 Å². The third-order valence-corrected chi connectivity index (χ3v) is 5.10. The van der Waals surface area contributed by atoms with Crippen molar-refractivity contribution >= 4 is 29.0 Å². The van der Waals surface area contributed by atoms with Gasteiger partial charge in [0.15, 0.2) is 5.16 Å². The van der Waals surface area contributed by atoms with Gasteiger partial charge in [-0.25, -0.2) is 4.98 Å². The summed E-state index contributed by atoms with van der Waals surface area (Å²) >= 11 is 1.47. The molecule has 134 valence electrons. The van der Waals surface area contributed by atoms with Gasteiger partial charge in [0.25, 0.3) is 5.56 Å². The summed E-state index contributed by atoms with van der Waals surface area (Å²) in [6.07, 6.45) is 1.66. The Kier molecular flexibility index (Phi) is 5.73. The van der Waals surface area contributed by atoms with Crippen LogP contribution in [0.25, 0.3) is 10.9 Å². The van der Waals surface area contributed by atoms with Crippen molar-refractivity contribution in [3.63, 3.8) is 0 Å². The molecule has 3 rings (SSSR count). The minimum atomic E-state index is -0.0199. The molecule has 1 heterocycles. The number of nitrogens with zero attached hydrogens (tertiary/aromatic N) is 2. The maximum atomic E-state index is 12.8. The second kappa shape index (κ2) is 8.19. The van der Waals surface area contributed by atoms with Crippen molar-refractivity contribution in [2.45, 2.75) is 30.8 Å². The van der Waals surface area contributed by atoms with Crippen molar-refractivity contribution in [1.29, 1.82) is 0 Å². The Hall–Kier alpha value is -2.60. The number of ether oxygens (including phenoxy) is 1. The van der Waals surface area contributed by atoms with E-state index in [4.69, 9.17) is 4.74 Å². The fourth-order valence-corrected chi connectivity index (χ4v) is 3.81. The molecule has 0 saturated carbocycles. The van der Waals surface area contributed by atoms with E-state index in [1.54, 1.807) is 23.8 Å². The second-order valence-corrected chi connectivity index (χ2v) is 6.79. The SMILES string of the molecule is CCCn1c(SCc2cc(C=O)ccc2OC)nc2ccccc2c1=O. The fourth-order valence-electron chi connectivity index (χ4n) is 2.81. The van der Waals surface area contributed by atoms with Gasteiger partial charge in [-0.1, -0.05) is 30.8 Å². The molecule has 0 saturated heterocycles. The van der Waals surface area contributed by atoms with Crippen molar-refractivity contribution in [3.8, 4) is 5.75 Å². The van der Waals surface area contributed by atoms with Crippen LogP contribution in [-0.4, -0.2) is 22.9 Å². The van der Waals surface area contributed by atoms with E-state index in [1.807, 2.05) is 37.3 Å². The summed E-state index contributed by atoms with van der Waals surface area (Å²) in [5.41, 5.74) is 2.17. The monoisotopic (exact) mass is 368 g/mol. The molecule has 0 N–H and O–H groups in total. The third kappa shape index (κ3) is 3.65. The van der Waals surface area contributed by atoms with Gasteiger partial charge in [-0.05, 0) is 36.8 Å². The van der Waals surface area contributed by atoms with Crippen LogP contribution in [0, 0.1) is 0 Å². The van der Waals surface area contributed by atoms with E-state index in [9.17, 15) is 9.59 Å². The average molecular weight is 368 g/mol. The van der Waals surface area contributed by atoms with Gasteiger partial charge >= 0.3 is 0 Å². The molecule has 0 atom stereocenters. The van der Waals surface area contributed by atoms with Gasteiger partial charge in [0, 0.05) is 23.4 Å². The highest BCUT2D eigenvalue weighted by Crippen LogP contribution is 2.28. The van der Waals surface area contributed by atoms with Gasteiger partial charge < -0.3 is 4.74 Å². The number of carbonyl (C=O) groups excluding carboxylic acids is 1. The van der Waals surface area contributed by atoms with Crippen LogP contribution in [0.3, 0.4) is 0 Å². The topological polar surface area (TPSA) is 61.2 Å². The lowest BCUT2D eigenvalue weighted by Crippen LogP contribution is -2.23. The molecular weight excluding hydrogens is 348 g/mol. The molecule has 0 unspecified atom stereocenters. The molecule has 5 nitrogen and oxygen atoms in total. The molecule has 0 fully saturated rings. The number of hydrogen-bond acceptors (Lipinski definition) is 5. The summed E-state index contributed by atoms with van der Waals surface area (Å²) in [6, 6.07) is 12.7. The molecule has 0 amide bonds. The molecule has 0 aliphatic carbocycles. The average Bonchev–Trinajstić information content (AvgIpc) is 2.68. The third-order valence-electron chi connectivity index (χ3n) is 4.07. The zero-order valence-corrected chi connectivity index (χ0v) is 15.6. The van der Waals surface area contributed by atoms with Crippen LogP contribution in [-0.2, 0) is 12.3 Å². The highest BCUT2D eigenvalue weighted by atomic mass is 32.2. The van der Waals surface area contributed by atoms with Crippen LogP contribution in [0.15, 0.2) is 52.4 Å². The molecule has 2 aromatic carbocycles. The molecule has 3 aromatic rings. The van der Waals surface area contributed by atoms with E-state index >= 15 is 0 Å². The van der Waals surface area contributed by atoms with Gasteiger partial charge in [-0.3, -0.25) is 14.2 Å². The number of fused-ring (bicyclic) bond motifs is 1. The first-order chi connectivity index (χ1) is 12.7. The lowest BCUT2D eigenvalue weighted by atomic mass is 10.1. The van der Waals surface area contributed by atoms with Crippen LogP contribution < -0.4 is 10.3 Å². The largest absolute Gasteiger partial charge is 0.496 e. The molecule has 26 heavy (non-hydrogen) atoms. The quantitative estimate of drug-likeness (QED) is 0.359. The Morgan fingerprint density at radius 2 is 2.04 bits per heavy atom. The van der Waals surface area contributed by atoms with Crippen molar-refractivity contribution < 1.29 is 9.53 Å². The number of aldehydes is 1. The Labute approximate surface area is 156 Å². The summed E-state index contributed by atoms with van der Waals surface area (Å²) < 4.78 is 7.11. The predicted molar refractivity (Wildman–Crippen MR) is 104 cm³/mol. The fraction of sp³-hybridized carbons (Fsp3) is 0.250. The lowest BCUT2D eigenvalue weighted by molar-refractivity contribution is 0.112. The normalized spacial score (nSPS) is 10.8. The summed E-state index contributed by atoms with van der Waals surface area (Å²) in [5, 5.41) is 1.31. The highest BCUT2D eigenvalue weighted by Gasteiger charge is 2.12. The molecule has 0 bridgehead atoms. The number of aromatic nitrogens is 2. The van der Waals surface area contributed by atoms with Crippen LogP contribution in [0.1, 0.15) is 29.3 Å². The zero-order chi connectivity index (χ0) is 18.5. The summed E-state index contributed by atoms with van der Waals surface area (Å²) in [4.78, 5) is 28.6. The Morgan fingerprint density at radius 1 is 1.23 bits per heavy atom. The highest BCUT2D eigenvalue weighted by molar-refractivity contribution is 7.98. The van der Waals surface area contributed by atoms with E-state index in [1.165, 1.54) is 11.8 Å². The second-order valence-electron chi connectivity index (χ2n) is 5.85. The summed E-state index contributed by atoms with van der Waals surface area (Å²) in [7, 11) is 1.60. The number of para-hydroxylation sites is 1. The van der Waals surface area contributed by atoms with E-state index in [0.29, 0.717) is 39.7 Å². The summed E-state index contributed by atoms with van der Waals surface area (Å²) in [6.45, 7) is 2.65. The number of methoxy groups -OCH3 is 1. The van der Waals surface area contributed by atoms with E-state index in [0.717, 1.165) is 18.3 Å². The van der Waals surface area contributed by atoms with E-state index in [2.05, 4.69) is 4.98 Å². The van der Waals surface area contributed by atoms with Gasteiger partial charge in [0.05, 0.1) is 18.0 Å². The van der Waals surface area contributed by atoms with Crippen LogP contribution in [0.4, 0.5) is 0 Å². The van der Waals surface area contributed by atoms with Crippen LogP contribution in [0.5, 0.6) is 5.75 Å². The Morgan fingerprint density at radius 3 is 2.77 bits per heavy atom. The van der Waals surface area contributed by atoms with Gasteiger partial charge in [0.1, 0.15) is 12.0 Å². The molecular formula is C20H20N2O3S. The van der Waals surface area contributed by atoms with Crippen molar-refractivity contribution in [2.75, 3.05) is 7.11 Å². The van der Waals surface area contributed by atoms with Gasteiger partial charge in [-0.15, -0.1) is 0 Å². The van der Waals surface area contributed by atoms with Gasteiger partial charge in [-0.2, -0.15) is 0 Å². The van der Waals surface area contributed by atoms with Crippen LogP contribution in [0.2, 0.25) is 0 Å². The van der Waals surface area contributed by atoms with E-state index in [-0.39, 0.29) is 5.56 Å². The number of carbonyl (C=O) groups is 1. The minimum Gasteiger partial charge on any atom is -0.496 e. The van der Waals surface area contributed by atoms with Crippen molar-refractivity contribution in [2.24, 2.45) is 0 Å². The molecule has 0 radical (unpaired) electrons. The standard InChI is InChI=1S/C20H20N2O3S/c1-3-10-22-19(24)16-6-4-5-7-17(16)21-20(22)26-13-15-11-14(12-23)8-9-18(15)25-2/h4-9,11-12H,3,10,13H2,1-2H3. The zero-order valence-electron chi connectivity index (χ0n) is 14.8. The van der Waals surface area contributed by atoms with E-state index < -0.39 is 0 Å². The molecule has 6 heteroatoms. The smallest absolute Gasteiger partial charge is 0.262 e. The minimum absolute atomic E-state index is 0.0199. The lowest BCUT2D eigenvalue weighted by Gasteiger charge is -2.13. The number of thioether (sulfide) groups is 1. The predicted octanol–water partition coefficient (Wildman–Crippen LogP) is 3.92. The molecule has 1 aromatic heterocycles. The number of rotatable bonds is 7. The molecule has 0 aliphatic heterocycles. The van der Waals surface area contributed by atoms with Gasteiger partial charge in [0.2, 0.25) is 0 Å². The molecule has 0 aliphatic rings. The Balaban J connectivity index is 1.99. The summed E-state index contributed by atoms with van der Waals surface area (Å²) in [5.74, 6) is 1.27. The van der Waals surface area contributed by atoms with Crippen molar-refractivity contribution in [3.05, 3.63) is 63.9 Å². The number of hydrogen-bond donors (Lipinski definition) is 0. The maximum absolute atomic E-state index is 12.8. The first-order valence-electron chi connectivity index (χ1n) is 8.42. The number of benzene rings is 2.